The van der Waals surface area contributed by atoms with Crippen LogP contribution in [0.25, 0.3) is 16.8 Å². The molecule has 0 atom stereocenters. The first kappa shape index (κ1) is 23.5. The number of aromatic nitrogens is 2. The summed E-state index contributed by atoms with van der Waals surface area (Å²) >= 11 is 6.02. The lowest BCUT2D eigenvalue weighted by atomic mass is 10.0. The summed E-state index contributed by atoms with van der Waals surface area (Å²) in [6.07, 6.45) is 11.4. The Morgan fingerprint density at radius 2 is 1.75 bits per heavy atom. The van der Waals surface area contributed by atoms with E-state index in [9.17, 15) is 0 Å². The number of anilines is 1. The van der Waals surface area contributed by atoms with E-state index >= 15 is 0 Å². The van der Waals surface area contributed by atoms with Gasteiger partial charge in [0.05, 0.1) is 5.69 Å². The Morgan fingerprint density at radius 1 is 1.03 bits per heavy atom. The van der Waals surface area contributed by atoms with Crippen LogP contribution < -0.4 is 5.32 Å². The van der Waals surface area contributed by atoms with E-state index in [1.54, 1.807) is 6.33 Å². The zero-order valence-corrected chi connectivity index (χ0v) is 19.9. The first-order valence-electron chi connectivity index (χ1n) is 10.9. The van der Waals surface area contributed by atoms with Crippen LogP contribution in [-0.4, -0.2) is 9.97 Å². The summed E-state index contributed by atoms with van der Waals surface area (Å²) in [7, 11) is 0. The van der Waals surface area contributed by atoms with Gasteiger partial charge in [-0.05, 0) is 56.0 Å². The Morgan fingerprint density at radius 3 is 2.41 bits per heavy atom. The predicted molar refractivity (Wildman–Crippen MR) is 138 cm³/mol. The quantitative estimate of drug-likeness (QED) is 0.358. The number of hydrogen-bond acceptors (Lipinski definition) is 3. The number of allylic oxidation sites excluding steroid dienone is 6. The molecule has 0 bridgehead atoms. The monoisotopic (exact) mass is 443 g/mol. The third kappa shape index (κ3) is 6.18. The number of rotatable bonds is 8. The maximum Gasteiger partial charge on any atom is 0.133 e. The normalized spacial score (nSPS) is 12.4. The summed E-state index contributed by atoms with van der Waals surface area (Å²) in [6.45, 7) is 9.08. The zero-order valence-electron chi connectivity index (χ0n) is 19.2. The highest BCUT2D eigenvalue weighted by molar-refractivity contribution is 6.30. The Balaban J connectivity index is 1.75. The summed E-state index contributed by atoms with van der Waals surface area (Å²) in [4.78, 5) is 8.91. The van der Waals surface area contributed by atoms with Crippen molar-refractivity contribution in [3.05, 3.63) is 106 Å². The smallest absolute Gasteiger partial charge is 0.133 e. The highest BCUT2D eigenvalue weighted by atomic mass is 35.5. The molecule has 0 aliphatic rings. The lowest BCUT2D eigenvalue weighted by molar-refractivity contribution is 1.06. The number of nitrogens with one attached hydrogen (secondary N) is 1. The molecule has 0 unspecified atom stereocenters. The summed E-state index contributed by atoms with van der Waals surface area (Å²) in [5.74, 6) is 0.837. The van der Waals surface area contributed by atoms with E-state index < -0.39 is 0 Å². The van der Waals surface area contributed by atoms with Crippen molar-refractivity contribution in [2.75, 3.05) is 5.32 Å². The largest absolute Gasteiger partial charge is 0.366 e. The average Bonchev–Trinajstić information content (AvgIpc) is 2.79. The molecule has 3 aromatic rings. The van der Waals surface area contributed by atoms with E-state index in [0.29, 0.717) is 11.6 Å². The van der Waals surface area contributed by atoms with Gasteiger partial charge in [0.15, 0.2) is 0 Å². The molecule has 3 rings (SSSR count). The summed E-state index contributed by atoms with van der Waals surface area (Å²) < 4.78 is 0. The van der Waals surface area contributed by atoms with Crippen LogP contribution in [0.2, 0.25) is 5.02 Å². The van der Waals surface area contributed by atoms with Gasteiger partial charge < -0.3 is 5.32 Å². The topological polar surface area (TPSA) is 37.8 Å². The lowest BCUT2D eigenvalue weighted by Gasteiger charge is -2.12. The van der Waals surface area contributed by atoms with Crippen molar-refractivity contribution in [3.63, 3.8) is 0 Å². The Kier molecular flexibility index (Phi) is 8.41. The molecule has 0 spiro atoms. The van der Waals surface area contributed by atoms with E-state index in [4.69, 9.17) is 11.6 Å². The molecule has 0 fully saturated rings. The molecule has 3 nitrogen and oxygen atoms in total. The fourth-order valence-corrected chi connectivity index (χ4v) is 3.69. The number of hydrogen-bond donors (Lipinski definition) is 1. The van der Waals surface area contributed by atoms with Gasteiger partial charge in [0.1, 0.15) is 12.1 Å². The second-order valence-electron chi connectivity index (χ2n) is 7.71. The van der Waals surface area contributed by atoms with Crippen LogP contribution in [0.15, 0.2) is 84.7 Å². The molecule has 0 saturated heterocycles. The predicted octanol–water partition coefficient (Wildman–Crippen LogP) is 8.03. The van der Waals surface area contributed by atoms with Crippen molar-refractivity contribution in [2.24, 2.45) is 0 Å². The van der Waals surface area contributed by atoms with Gasteiger partial charge in [0.2, 0.25) is 0 Å². The van der Waals surface area contributed by atoms with Crippen LogP contribution in [0.5, 0.6) is 0 Å². The summed E-state index contributed by atoms with van der Waals surface area (Å²) in [6, 6.07) is 16.4. The van der Waals surface area contributed by atoms with Gasteiger partial charge in [0.25, 0.3) is 0 Å². The minimum atomic E-state index is 0.690. The molecule has 1 N–H and O–H groups in total. The third-order valence-electron chi connectivity index (χ3n) is 5.20. The SMILES string of the molecule is C\C=C/C(=C\C(C)=C\CC)c1ccc(CNc2ncnc(-c3ccc(Cl)cc3)c2C)cc1. The molecule has 32 heavy (non-hydrogen) atoms. The molecule has 0 aliphatic carbocycles. The molecule has 0 radical (unpaired) electrons. The maximum absolute atomic E-state index is 6.02. The van der Waals surface area contributed by atoms with Crippen molar-refractivity contribution in [2.45, 2.75) is 40.7 Å². The van der Waals surface area contributed by atoms with Crippen LogP contribution in [0.1, 0.15) is 43.9 Å². The van der Waals surface area contributed by atoms with Crippen molar-refractivity contribution < 1.29 is 0 Å². The Bertz CT molecular complexity index is 1120. The van der Waals surface area contributed by atoms with Gasteiger partial charge in [-0.3, -0.25) is 0 Å². The lowest BCUT2D eigenvalue weighted by Crippen LogP contribution is -2.05. The van der Waals surface area contributed by atoms with E-state index in [2.05, 4.69) is 77.7 Å². The van der Waals surface area contributed by atoms with Crippen LogP contribution in [-0.2, 0) is 6.54 Å². The van der Waals surface area contributed by atoms with E-state index in [1.807, 2.05) is 38.1 Å². The molecule has 2 aromatic carbocycles. The number of nitrogens with zero attached hydrogens (tertiary/aromatic N) is 2. The maximum atomic E-state index is 6.02. The van der Waals surface area contributed by atoms with Gasteiger partial charge in [-0.2, -0.15) is 0 Å². The van der Waals surface area contributed by atoms with Gasteiger partial charge in [-0.25, -0.2) is 9.97 Å². The highest BCUT2D eigenvalue weighted by Gasteiger charge is 2.09. The van der Waals surface area contributed by atoms with Crippen LogP contribution in [0.3, 0.4) is 0 Å². The highest BCUT2D eigenvalue weighted by Crippen LogP contribution is 2.26. The molecule has 0 aliphatic heterocycles. The van der Waals surface area contributed by atoms with Gasteiger partial charge in [-0.15, -0.1) is 0 Å². The number of halogens is 1. The molecule has 0 saturated carbocycles. The van der Waals surface area contributed by atoms with Crippen LogP contribution >= 0.6 is 11.6 Å². The zero-order chi connectivity index (χ0) is 22.9. The Labute approximate surface area is 196 Å². The number of benzene rings is 2. The second kappa shape index (κ2) is 11.4. The summed E-state index contributed by atoms with van der Waals surface area (Å²) in [5.41, 5.74) is 7.85. The van der Waals surface area contributed by atoms with Crippen molar-refractivity contribution in [3.8, 4) is 11.3 Å². The first-order chi connectivity index (χ1) is 15.5. The average molecular weight is 444 g/mol. The van der Waals surface area contributed by atoms with Crippen LogP contribution in [0.4, 0.5) is 5.82 Å². The van der Waals surface area contributed by atoms with Gasteiger partial charge in [0, 0.05) is 22.7 Å². The Hall–Kier alpha value is -3.17. The standard InChI is InChI=1S/C28H30ClN3/c1-5-7-20(3)17-25(8-6-2)23-11-9-22(10-12-23)18-30-28-21(4)27(31-19-32-28)24-13-15-26(29)16-14-24/h6-17,19H,5,18H2,1-4H3,(H,30,31,32)/b8-6-,20-7+,25-17+. The molecule has 1 heterocycles. The van der Waals surface area contributed by atoms with Gasteiger partial charge >= 0.3 is 0 Å². The molecule has 4 heteroatoms. The van der Waals surface area contributed by atoms with Crippen molar-refractivity contribution in [1.82, 2.24) is 9.97 Å². The van der Waals surface area contributed by atoms with Gasteiger partial charge in [-0.1, -0.05) is 84.8 Å². The van der Waals surface area contributed by atoms with E-state index in [1.165, 1.54) is 22.3 Å². The summed E-state index contributed by atoms with van der Waals surface area (Å²) in [5, 5.41) is 4.17. The molecule has 164 valence electrons. The minimum absolute atomic E-state index is 0.690. The minimum Gasteiger partial charge on any atom is -0.366 e. The van der Waals surface area contributed by atoms with Crippen LogP contribution in [0, 0.1) is 6.92 Å². The molecular weight excluding hydrogens is 414 g/mol. The van der Waals surface area contributed by atoms with Crippen molar-refractivity contribution in [1.29, 1.82) is 0 Å². The fourth-order valence-electron chi connectivity index (χ4n) is 3.56. The van der Waals surface area contributed by atoms with Crippen molar-refractivity contribution >= 4 is 23.0 Å². The third-order valence-corrected chi connectivity index (χ3v) is 5.46. The molecule has 0 amide bonds. The fraction of sp³-hybridized carbons (Fsp3) is 0.214. The molecule has 1 aromatic heterocycles. The molecular formula is C28H30ClN3. The van der Waals surface area contributed by atoms with E-state index in [-0.39, 0.29) is 0 Å². The van der Waals surface area contributed by atoms with E-state index in [0.717, 1.165) is 29.1 Å². The first-order valence-corrected chi connectivity index (χ1v) is 11.3. The second-order valence-corrected chi connectivity index (χ2v) is 8.15.